The number of halogens is 1. The van der Waals surface area contributed by atoms with E-state index in [0.717, 1.165) is 12.8 Å². The van der Waals surface area contributed by atoms with Crippen molar-refractivity contribution in [3.8, 4) is 0 Å². The molecule has 3 rings (SSSR count). The van der Waals surface area contributed by atoms with Crippen LogP contribution in [-0.2, 0) is 10.0 Å². The van der Waals surface area contributed by atoms with Crippen LogP contribution in [0.5, 0.6) is 0 Å². The summed E-state index contributed by atoms with van der Waals surface area (Å²) in [6, 6.07) is 13.4. The van der Waals surface area contributed by atoms with Crippen LogP contribution in [0.15, 0.2) is 48.5 Å². The average molecular weight is 365 g/mol. The van der Waals surface area contributed by atoms with E-state index >= 15 is 0 Å². The Kier molecular flexibility index (Phi) is 4.51. The number of nitrogens with zero attached hydrogens (tertiary/aromatic N) is 1. The van der Waals surface area contributed by atoms with Crippen LogP contribution in [0.1, 0.15) is 23.2 Å². The lowest BCUT2D eigenvalue weighted by atomic mass is 10.2. The van der Waals surface area contributed by atoms with Gasteiger partial charge in [-0.2, -0.15) is 0 Å². The van der Waals surface area contributed by atoms with Crippen LogP contribution in [-0.4, -0.2) is 26.6 Å². The van der Waals surface area contributed by atoms with Gasteiger partial charge in [0.25, 0.3) is 5.91 Å². The molecule has 0 atom stereocenters. The molecule has 0 heterocycles. The van der Waals surface area contributed by atoms with Crippen molar-refractivity contribution in [3.05, 3.63) is 59.1 Å². The smallest absolute Gasteiger partial charge is 0.255 e. The SMILES string of the molecule is CS(=O)(=O)N(c1ccccc1NC(=O)c1ccc(Cl)cc1)C1CC1. The molecule has 0 radical (unpaired) electrons. The van der Waals surface area contributed by atoms with E-state index in [1.54, 1.807) is 48.5 Å². The topological polar surface area (TPSA) is 66.5 Å². The maximum absolute atomic E-state index is 12.4. The number of hydrogen-bond donors (Lipinski definition) is 1. The predicted octanol–water partition coefficient (Wildman–Crippen LogP) is 3.52. The van der Waals surface area contributed by atoms with Crippen molar-refractivity contribution in [2.75, 3.05) is 15.9 Å². The highest BCUT2D eigenvalue weighted by Gasteiger charge is 2.36. The number of hydrogen-bond acceptors (Lipinski definition) is 3. The van der Waals surface area contributed by atoms with Crippen molar-refractivity contribution < 1.29 is 13.2 Å². The molecule has 1 aliphatic rings. The number of sulfonamides is 1. The van der Waals surface area contributed by atoms with Crippen molar-refractivity contribution >= 4 is 38.9 Å². The van der Waals surface area contributed by atoms with Crippen molar-refractivity contribution in [2.24, 2.45) is 0 Å². The van der Waals surface area contributed by atoms with Gasteiger partial charge in [-0.3, -0.25) is 9.10 Å². The fraction of sp³-hybridized carbons (Fsp3) is 0.235. The fourth-order valence-electron chi connectivity index (χ4n) is 2.52. The normalized spacial score (nSPS) is 14.2. The Bertz CT molecular complexity index is 862. The van der Waals surface area contributed by atoms with Gasteiger partial charge in [0.2, 0.25) is 10.0 Å². The molecule has 0 spiro atoms. The summed E-state index contributed by atoms with van der Waals surface area (Å²) in [6.45, 7) is 0. The monoisotopic (exact) mass is 364 g/mol. The molecule has 0 aromatic heterocycles. The van der Waals surface area contributed by atoms with Crippen LogP contribution in [0.2, 0.25) is 5.02 Å². The zero-order chi connectivity index (χ0) is 17.3. The number of amides is 1. The maximum Gasteiger partial charge on any atom is 0.255 e. The van der Waals surface area contributed by atoms with Crippen LogP contribution in [0, 0.1) is 0 Å². The zero-order valence-electron chi connectivity index (χ0n) is 13.1. The highest BCUT2D eigenvalue weighted by molar-refractivity contribution is 7.92. The first-order valence-corrected chi connectivity index (χ1v) is 9.74. The minimum Gasteiger partial charge on any atom is -0.320 e. The Labute approximate surface area is 146 Å². The zero-order valence-corrected chi connectivity index (χ0v) is 14.6. The molecule has 24 heavy (non-hydrogen) atoms. The van der Waals surface area contributed by atoms with Gasteiger partial charge in [0.05, 0.1) is 17.6 Å². The van der Waals surface area contributed by atoms with Gasteiger partial charge >= 0.3 is 0 Å². The van der Waals surface area contributed by atoms with Crippen molar-refractivity contribution in [1.82, 2.24) is 0 Å². The Hall–Kier alpha value is -2.05. The van der Waals surface area contributed by atoms with E-state index in [4.69, 9.17) is 11.6 Å². The molecule has 0 unspecified atom stereocenters. The molecular formula is C17H17ClN2O3S. The molecule has 126 valence electrons. The molecule has 0 saturated heterocycles. The van der Waals surface area contributed by atoms with Crippen molar-refractivity contribution in [2.45, 2.75) is 18.9 Å². The van der Waals surface area contributed by atoms with E-state index in [0.29, 0.717) is 22.0 Å². The lowest BCUT2D eigenvalue weighted by Gasteiger charge is -2.24. The summed E-state index contributed by atoms with van der Waals surface area (Å²) in [6.07, 6.45) is 2.84. The molecule has 0 bridgehead atoms. The molecule has 5 nitrogen and oxygen atoms in total. The summed E-state index contributed by atoms with van der Waals surface area (Å²) in [4.78, 5) is 12.4. The van der Waals surface area contributed by atoms with Crippen LogP contribution in [0.25, 0.3) is 0 Å². The lowest BCUT2D eigenvalue weighted by molar-refractivity contribution is 0.102. The van der Waals surface area contributed by atoms with Gasteiger partial charge in [0, 0.05) is 16.6 Å². The fourth-order valence-corrected chi connectivity index (χ4v) is 3.92. The molecule has 2 aromatic rings. The molecule has 7 heteroatoms. The Morgan fingerprint density at radius 1 is 1.12 bits per heavy atom. The van der Waals surface area contributed by atoms with Crippen LogP contribution >= 0.6 is 11.6 Å². The van der Waals surface area contributed by atoms with E-state index in [9.17, 15) is 13.2 Å². The molecule has 1 aliphatic carbocycles. The number of rotatable bonds is 5. The summed E-state index contributed by atoms with van der Waals surface area (Å²) >= 11 is 5.83. The van der Waals surface area contributed by atoms with E-state index < -0.39 is 10.0 Å². The van der Waals surface area contributed by atoms with Crippen molar-refractivity contribution in [1.29, 1.82) is 0 Å². The Balaban J connectivity index is 1.92. The second-order valence-corrected chi connectivity index (χ2v) is 8.06. The molecule has 1 amide bonds. The summed E-state index contributed by atoms with van der Waals surface area (Å²) in [5, 5.41) is 3.34. The van der Waals surface area contributed by atoms with Gasteiger partial charge in [-0.1, -0.05) is 23.7 Å². The average Bonchev–Trinajstić information content (AvgIpc) is 3.33. The molecule has 1 N–H and O–H groups in total. The summed E-state index contributed by atoms with van der Waals surface area (Å²) in [5.74, 6) is -0.316. The van der Waals surface area contributed by atoms with Crippen LogP contribution < -0.4 is 9.62 Å². The minimum atomic E-state index is -3.42. The van der Waals surface area contributed by atoms with Gasteiger partial charge in [0.15, 0.2) is 0 Å². The largest absolute Gasteiger partial charge is 0.320 e. The van der Waals surface area contributed by atoms with E-state index in [2.05, 4.69) is 5.32 Å². The number of para-hydroxylation sites is 2. The first-order chi connectivity index (χ1) is 11.4. The van der Waals surface area contributed by atoms with Gasteiger partial charge in [-0.15, -0.1) is 0 Å². The number of anilines is 2. The number of carbonyl (C=O) groups is 1. The van der Waals surface area contributed by atoms with E-state index in [1.165, 1.54) is 10.6 Å². The lowest BCUT2D eigenvalue weighted by Crippen LogP contribution is -2.32. The third-order valence-electron chi connectivity index (χ3n) is 3.73. The second-order valence-electron chi connectivity index (χ2n) is 5.77. The van der Waals surface area contributed by atoms with Crippen LogP contribution in [0.4, 0.5) is 11.4 Å². The van der Waals surface area contributed by atoms with Crippen LogP contribution in [0.3, 0.4) is 0 Å². The quantitative estimate of drug-likeness (QED) is 0.882. The summed E-state index contributed by atoms with van der Waals surface area (Å²) < 4.78 is 25.7. The molecular weight excluding hydrogens is 348 g/mol. The summed E-state index contributed by atoms with van der Waals surface area (Å²) in [5.41, 5.74) is 1.41. The maximum atomic E-state index is 12.4. The highest BCUT2D eigenvalue weighted by Crippen LogP contribution is 2.37. The molecule has 0 aliphatic heterocycles. The Morgan fingerprint density at radius 2 is 1.75 bits per heavy atom. The summed E-state index contributed by atoms with van der Waals surface area (Å²) in [7, 11) is -3.42. The van der Waals surface area contributed by atoms with Gasteiger partial charge in [-0.25, -0.2) is 8.42 Å². The minimum absolute atomic E-state index is 0.0337. The van der Waals surface area contributed by atoms with Gasteiger partial charge in [-0.05, 0) is 49.2 Å². The number of benzene rings is 2. The first-order valence-electron chi connectivity index (χ1n) is 7.51. The van der Waals surface area contributed by atoms with Gasteiger partial charge < -0.3 is 5.32 Å². The van der Waals surface area contributed by atoms with E-state index in [-0.39, 0.29) is 11.9 Å². The molecule has 1 saturated carbocycles. The third-order valence-corrected chi connectivity index (χ3v) is 5.19. The van der Waals surface area contributed by atoms with E-state index in [1.807, 2.05) is 0 Å². The Morgan fingerprint density at radius 3 is 2.33 bits per heavy atom. The van der Waals surface area contributed by atoms with Crippen molar-refractivity contribution in [3.63, 3.8) is 0 Å². The second kappa shape index (κ2) is 6.45. The highest BCUT2D eigenvalue weighted by atomic mass is 35.5. The first kappa shape index (κ1) is 16.8. The molecule has 1 fully saturated rings. The molecule has 2 aromatic carbocycles. The third kappa shape index (κ3) is 3.71. The number of nitrogens with one attached hydrogen (secondary N) is 1. The number of carbonyl (C=O) groups excluding carboxylic acids is 1. The standard InChI is InChI=1S/C17H17ClN2O3S/c1-24(22,23)20(14-10-11-14)16-5-3-2-4-15(16)19-17(21)12-6-8-13(18)9-7-12/h2-9,14H,10-11H2,1H3,(H,19,21). The van der Waals surface area contributed by atoms with Gasteiger partial charge in [0.1, 0.15) is 0 Å². The predicted molar refractivity (Wildman–Crippen MR) is 96.2 cm³/mol.